The first kappa shape index (κ1) is 18.6. The summed E-state index contributed by atoms with van der Waals surface area (Å²) in [6.07, 6.45) is 5.62. The maximum absolute atomic E-state index is 13.5. The lowest BCUT2D eigenvalue weighted by Crippen LogP contribution is -2.16. The molecule has 8 heteroatoms. The Morgan fingerprint density at radius 2 is 2.00 bits per heavy atom. The summed E-state index contributed by atoms with van der Waals surface area (Å²) in [5, 5.41) is 0.944. The van der Waals surface area contributed by atoms with Gasteiger partial charge in [-0.2, -0.15) is 0 Å². The number of esters is 1. The second kappa shape index (κ2) is 8.10. The Kier molecular flexibility index (Phi) is 5.38. The van der Waals surface area contributed by atoms with Gasteiger partial charge in [0.05, 0.1) is 5.39 Å². The first-order valence-electron chi connectivity index (χ1n) is 9.21. The van der Waals surface area contributed by atoms with Crippen LogP contribution in [-0.4, -0.2) is 22.5 Å². The molecule has 0 atom stereocenters. The molecular weight excluding hydrogens is 381 g/mol. The lowest BCUT2D eigenvalue weighted by Gasteiger charge is -2.08. The van der Waals surface area contributed by atoms with E-state index < -0.39 is 18.4 Å². The van der Waals surface area contributed by atoms with Gasteiger partial charge in [-0.25, -0.2) is 19.2 Å². The fraction of sp³-hybridized carbons (Fsp3) is 0.350. The summed E-state index contributed by atoms with van der Waals surface area (Å²) in [6, 6.07) is 5.87. The van der Waals surface area contributed by atoms with Crippen LogP contribution in [0.3, 0.4) is 0 Å². The van der Waals surface area contributed by atoms with E-state index in [2.05, 4.69) is 9.97 Å². The predicted molar refractivity (Wildman–Crippen MR) is 105 cm³/mol. The molecule has 1 aromatic carbocycles. The smallest absolute Gasteiger partial charge is 0.344 e. The topological polar surface area (TPSA) is 87.3 Å². The Hall–Kier alpha value is -2.74. The molecule has 2 N–H and O–H groups in total. The summed E-state index contributed by atoms with van der Waals surface area (Å²) in [5.74, 6) is -0.387. The number of hydrogen-bond acceptors (Lipinski definition) is 7. The van der Waals surface area contributed by atoms with E-state index in [0.29, 0.717) is 11.6 Å². The van der Waals surface area contributed by atoms with Gasteiger partial charge in [0.25, 0.3) is 0 Å². The molecule has 0 radical (unpaired) electrons. The second-order valence-corrected chi connectivity index (χ2v) is 7.73. The molecule has 0 aliphatic heterocycles. The van der Waals surface area contributed by atoms with Gasteiger partial charge >= 0.3 is 5.97 Å². The molecule has 2 aromatic heterocycles. The molecule has 3 aromatic rings. The molecule has 1 aliphatic rings. The lowest BCUT2D eigenvalue weighted by atomic mass is 10.1. The molecule has 0 spiro atoms. The third-order valence-electron chi connectivity index (χ3n) is 4.68. The number of aromatic nitrogens is 2. The molecule has 0 saturated carbocycles. The van der Waals surface area contributed by atoms with E-state index in [1.165, 1.54) is 35.4 Å². The van der Waals surface area contributed by atoms with Crippen LogP contribution in [-0.2, 0) is 29.0 Å². The molecule has 4 rings (SSSR count). The third-order valence-corrected chi connectivity index (χ3v) is 5.87. The number of carbonyl (C=O) groups excluding carboxylic acids is 1. The highest BCUT2D eigenvalue weighted by atomic mass is 32.1. The van der Waals surface area contributed by atoms with Gasteiger partial charge in [-0.3, -0.25) is 0 Å². The van der Waals surface area contributed by atoms with Crippen LogP contribution < -0.4 is 10.5 Å². The first-order chi connectivity index (χ1) is 13.6. The minimum atomic E-state index is -0.632. The molecule has 2 heterocycles. The van der Waals surface area contributed by atoms with Gasteiger partial charge in [0.2, 0.25) is 0 Å². The van der Waals surface area contributed by atoms with Crippen LogP contribution >= 0.6 is 11.3 Å². The molecule has 0 bridgehead atoms. The monoisotopic (exact) mass is 401 g/mol. The maximum atomic E-state index is 13.5. The normalized spacial score (nSPS) is 13.8. The average Bonchev–Trinajstić information content (AvgIpc) is 2.87. The number of hydrogen-bond donors (Lipinski definition) is 1. The number of nitrogens with two attached hydrogens (primary N) is 1. The standard InChI is InChI=1S/C20H20FN3O3S/c21-13-7-4-5-8-14(13)26-11-17(25)27-10-16-23-19(22)18-12-6-2-1-3-9-15(12)28-20(18)24-16/h4-5,7-8H,1-3,6,9-11H2,(H2,22,23,24). The number of carbonyl (C=O) groups is 1. The summed E-state index contributed by atoms with van der Waals surface area (Å²) in [6.45, 7) is -0.506. The van der Waals surface area contributed by atoms with Crippen LogP contribution in [0.1, 0.15) is 35.5 Å². The number of thiophene rings is 1. The minimum absolute atomic E-state index is 0.00134. The zero-order valence-electron chi connectivity index (χ0n) is 15.2. The molecule has 1 aliphatic carbocycles. The number of nitrogens with zero attached hydrogens (tertiary/aromatic N) is 2. The molecule has 0 amide bonds. The van der Waals surface area contributed by atoms with Crippen molar-refractivity contribution in [3.63, 3.8) is 0 Å². The number of fused-ring (bicyclic) bond motifs is 3. The highest BCUT2D eigenvalue weighted by Crippen LogP contribution is 2.37. The van der Waals surface area contributed by atoms with Crippen molar-refractivity contribution < 1.29 is 18.7 Å². The van der Waals surface area contributed by atoms with Crippen molar-refractivity contribution in [1.82, 2.24) is 9.97 Å². The van der Waals surface area contributed by atoms with Crippen LogP contribution in [0.5, 0.6) is 5.75 Å². The maximum Gasteiger partial charge on any atom is 0.344 e. The van der Waals surface area contributed by atoms with Crippen LogP contribution in [0, 0.1) is 5.82 Å². The number of aryl methyl sites for hydroxylation is 2. The predicted octanol–water partition coefficient (Wildman–Crippen LogP) is 3.80. The zero-order valence-corrected chi connectivity index (χ0v) is 16.1. The van der Waals surface area contributed by atoms with Crippen LogP contribution in [0.15, 0.2) is 24.3 Å². The van der Waals surface area contributed by atoms with Crippen LogP contribution in [0.2, 0.25) is 0 Å². The van der Waals surface area contributed by atoms with Gasteiger partial charge in [-0.1, -0.05) is 18.6 Å². The summed E-state index contributed by atoms with van der Waals surface area (Å²) in [5.41, 5.74) is 7.46. The number of benzene rings is 1. The number of nitrogen functional groups attached to an aromatic ring is 1. The van der Waals surface area contributed by atoms with Crippen LogP contribution in [0.4, 0.5) is 10.2 Å². The first-order valence-corrected chi connectivity index (χ1v) is 10.0. The van der Waals surface area contributed by atoms with Crippen LogP contribution in [0.25, 0.3) is 10.2 Å². The minimum Gasteiger partial charge on any atom is -0.479 e. The van der Waals surface area contributed by atoms with Gasteiger partial charge in [0.1, 0.15) is 10.6 Å². The van der Waals surface area contributed by atoms with E-state index in [-0.39, 0.29) is 12.4 Å². The van der Waals surface area contributed by atoms with Crippen molar-refractivity contribution in [2.75, 3.05) is 12.3 Å². The fourth-order valence-corrected chi connectivity index (χ4v) is 4.65. The number of para-hydroxylation sites is 1. The van der Waals surface area contributed by atoms with Crippen molar-refractivity contribution in [3.8, 4) is 5.75 Å². The summed E-state index contributed by atoms with van der Waals surface area (Å²) >= 11 is 1.65. The van der Waals surface area contributed by atoms with E-state index in [9.17, 15) is 9.18 Å². The van der Waals surface area contributed by atoms with Gasteiger partial charge in [-0.05, 0) is 43.4 Å². The van der Waals surface area contributed by atoms with Crippen molar-refractivity contribution >= 4 is 33.3 Å². The highest BCUT2D eigenvalue weighted by molar-refractivity contribution is 7.19. The summed E-state index contributed by atoms with van der Waals surface area (Å²) in [7, 11) is 0. The Bertz CT molecular complexity index is 1020. The van der Waals surface area contributed by atoms with E-state index in [4.69, 9.17) is 15.2 Å². The number of halogens is 1. The molecule has 0 fully saturated rings. The SMILES string of the molecule is Nc1nc(COC(=O)COc2ccccc2F)nc2sc3c(c12)CCCCC3. The third kappa shape index (κ3) is 3.91. The van der Waals surface area contributed by atoms with Gasteiger partial charge < -0.3 is 15.2 Å². The van der Waals surface area contributed by atoms with Gasteiger partial charge in [0, 0.05) is 4.88 Å². The van der Waals surface area contributed by atoms with Gasteiger partial charge in [0.15, 0.2) is 30.6 Å². The van der Waals surface area contributed by atoms with E-state index in [1.54, 1.807) is 23.5 Å². The Balaban J connectivity index is 1.42. The second-order valence-electron chi connectivity index (χ2n) is 6.65. The van der Waals surface area contributed by atoms with Crippen molar-refractivity contribution in [1.29, 1.82) is 0 Å². The highest BCUT2D eigenvalue weighted by Gasteiger charge is 2.19. The Labute approximate surface area is 165 Å². The molecule has 0 saturated heterocycles. The zero-order chi connectivity index (χ0) is 19.5. The lowest BCUT2D eigenvalue weighted by molar-refractivity contribution is -0.147. The van der Waals surface area contributed by atoms with E-state index >= 15 is 0 Å². The Morgan fingerprint density at radius 1 is 1.18 bits per heavy atom. The fourth-order valence-electron chi connectivity index (χ4n) is 3.36. The van der Waals surface area contributed by atoms with E-state index in [0.717, 1.165) is 29.5 Å². The van der Waals surface area contributed by atoms with Crippen molar-refractivity contribution in [2.45, 2.75) is 38.7 Å². The quantitative estimate of drug-likeness (QED) is 0.517. The van der Waals surface area contributed by atoms with Crippen molar-refractivity contribution in [3.05, 3.63) is 46.3 Å². The molecule has 146 valence electrons. The summed E-state index contributed by atoms with van der Waals surface area (Å²) in [4.78, 5) is 22.9. The molecular formula is C20H20FN3O3S. The average molecular weight is 401 g/mol. The summed E-state index contributed by atoms with van der Waals surface area (Å²) < 4.78 is 23.8. The van der Waals surface area contributed by atoms with Gasteiger partial charge in [-0.15, -0.1) is 11.3 Å². The largest absolute Gasteiger partial charge is 0.479 e. The number of rotatable bonds is 5. The van der Waals surface area contributed by atoms with Crippen molar-refractivity contribution in [2.24, 2.45) is 0 Å². The molecule has 0 unspecified atom stereocenters. The Morgan fingerprint density at radius 3 is 2.86 bits per heavy atom. The molecule has 6 nitrogen and oxygen atoms in total. The molecule has 28 heavy (non-hydrogen) atoms. The number of ether oxygens (including phenoxy) is 2. The van der Waals surface area contributed by atoms with E-state index in [1.807, 2.05) is 0 Å². The number of anilines is 1.